The Balaban J connectivity index is 1.47. The standard InChI is InChI=1S/C33H32N2O5/c1-23-12-16-26(17-13-23)31(32(36)34-20-24-14-18-27(38-2)19-15-24)35(21-25-8-4-3-5-9-25)33(37)30-22-39-28-10-6-7-11-29(28)40-30/h3-19,30-31H,20-22H2,1-2H3,(H,34,36). The van der Waals surface area contributed by atoms with Crippen molar-refractivity contribution < 1.29 is 23.8 Å². The Morgan fingerprint density at radius 2 is 1.55 bits per heavy atom. The van der Waals surface area contributed by atoms with E-state index in [-0.39, 0.29) is 25.0 Å². The maximum atomic E-state index is 14.2. The van der Waals surface area contributed by atoms with E-state index in [9.17, 15) is 9.59 Å². The number of carbonyl (C=O) groups excluding carboxylic acids is 2. The molecule has 1 heterocycles. The molecule has 1 aliphatic rings. The highest BCUT2D eigenvalue weighted by atomic mass is 16.6. The number of hydrogen-bond donors (Lipinski definition) is 1. The zero-order valence-corrected chi connectivity index (χ0v) is 22.6. The number of para-hydroxylation sites is 2. The second-order valence-corrected chi connectivity index (χ2v) is 9.70. The number of nitrogens with zero attached hydrogens (tertiary/aromatic N) is 1. The van der Waals surface area contributed by atoms with E-state index >= 15 is 0 Å². The molecule has 4 aromatic rings. The third-order valence-electron chi connectivity index (χ3n) is 6.84. The monoisotopic (exact) mass is 536 g/mol. The van der Waals surface area contributed by atoms with Gasteiger partial charge < -0.3 is 24.4 Å². The van der Waals surface area contributed by atoms with Crippen LogP contribution in [0.2, 0.25) is 0 Å². The van der Waals surface area contributed by atoms with Crippen LogP contribution in [0.3, 0.4) is 0 Å². The smallest absolute Gasteiger partial charge is 0.268 e. The molecular formula is C33H32N2O5. The topological polar surface area (TPSA) is 77.1 Å². The number of benzene rings is 4. The van der Waals surface area contributed by atoms with E-state index < -0.39 is 12.1 Å². The van der Waals surface area contributed by atoms with Crippen molar-refractivity contribution in [2.75, 3.05) is 13.7 Å². The molecule has 0 bridgehead atoms. The number of aryl methyl sites for hydroxylation is 1. The van der Waals surface area contributed by atoms with E-state index in [4.69, 9.17) is 14.2 Å². The molecule has 5 rings (SSSR count). The van der Waals surface area contributed by atoms with E-state index in [1.165, 1.54) is 0 Å². The largest absolute Gasteiger partial charge is 0.497 e. The minimum absolute atomic E-state index is 0.0508. The van der Waals surface area contributed by atoms with Gasteiger partial charge in [-0.2, -0.15) is 0 Å². The van der Waals surface area contributed by atoms with Crippen molar-refractivity contribution in [3.63, 3.8) is 0 Å². The molecule has 0 aromatic heterocycles. The molecule has 40 heavy (non-hydrogen) atoms. The Hall–Kier alpha value is -4.78. The first-order chi connectivity index (χ1) is 19.5. The van der Waals surface area contributed by atoms with Crippen molar-refractivity contribution in [2.45, 2.75) is 32.2 Å². The van der Waals surface area contributed by atoms with Crippen molar-refractivity contribution >= 4 is 11.8 Å². The van der Waals surface area contributed by atoms with Gasteiger partial charge in [-0.1, -0.05) is 84.4 Å². The molecule has 204 valence electrons. The number of carbonyl (C=O) groups is 2. The molecule has 0 saturated carbocycles. The third-order valence-corrected chi connectivity index (χ3v) is 6.84. The van der Waals surface area contributed by atoms with Gasteiger partial charge in [0.15, 0.2) is 11.5 Å². The Morgan fingerprint density at radius 1 is 0.875 bits per heavy atom. The van der Waals surface area contributed by atoms with Crippen LogP contribution in [0, 0.1) is 6.92 Å². The molecule has 7 nitrogen and oxygen atoms in total. The second-order valence-electron chi connectivity index (χ2n) is 9.70. The zero-order valence-electron chi connectivity index (χ0n) is 22.6. The lowest BCUT2D eigenvalue weighted by atomic mass is 10.0. The molecule has 0 radical (unpaired) electrons. The maximum absolute atomic E-state index is 14.2. The van der Waals surface area contributed by atoms with E-state index in [1.54, 1.807) is 24.1 Å². The number of nitrogens with one attached hydrogen (secondary N) is 1. The van der Waals surface area contributed by atoms with Gasteiger partial charge >= 0.3 is 0 Å². The molecule has 4 aromatic carbocycles. The van der Waals surface area contributed by atoms with Crippen molar-refractivity contribution in [2.24, 2.45) is 0 Å². The summed E-state index contributed by atoms with van der Waals surface area (Å²) in [5.41, 5.74) is 3.58. The van der Waals surface area contributed by atoms with Crippen molar-refractivity contribution in [1.29, 1.82) is 0 Å². The van der Waals surface area contributed by atoms with Gasteiger partial charge in [0.25, 0.3) is 5.91 Å². The van der Waals surface area contributed by atoms with Gasteiger partial charge in [-0.05, 0) is 47.9 Å². The van der Waals surface area contributed by atoms with Gasteiger partial charge in [-0.15, -0.1) is 0 Å². The Kier molecular flexibility index (Phi) is 8.30. The van der Waals surface area contributed by atoms with Crippen LogP contribution in [-0.2, 0) is 22.7 Å². The summed E-state index contributed by atoms with van der Waals surface area (Å²) in [4.78, 5) is 29.7. The quantitative estimate of drug-likeness (QED) is 0.317. The Morgan fingerprint density at radius 3 is 2.25 bits per heavy atom. The van der Waals surface area contributed by atoms with Crippen molar-refractivity contribution in [3.8, 4) is 17.2 Å². The van der Waals surface area contributed by atoms with E-state index in [2.05, 4.69) is 5.32 Å². The van der Waals surface area contributed by atoms with E-state index in [0.29, 0.717) is 23.6 Å². The fourth-order valence-electron chi connectivity index (χ4n) is 4.65. The molecule has 1 N–H and O–H groups in total. The normalized spacial score (nSPS) is 14.6. The van der Waals surface area contributed by atoms with Crippen LogP contribution in [0.4, 0.5) is 0 Å². The molecule has 2 amide bonds. The van der Waals surface area contributed by atoms with Crippen LogP contribution >= 0.6 is 0 Å². The molecule has 0 saturated heterocycles. The van der Waals surface area contributed by atoms with Gasteiger partial charge in [0.1, 0.15) is 18.4 Å². The first kappa shape index (κ1) is 26.8. The fourth-order valence-corrected chi connectivity index (χ4v) is 4.65. The number of fused-ring (bicyclic) bond motifs is 1. The van der Waals surface area contributed by atoms with Crippen LogP contribution in [-0.4, -0.2) is 36.5 Å². The molecule has 0 aliphatic carbocycles. The lowest BCUT2D eigenvalue weighted by Crippen LogP contribution is -2.50. The van der Waals surface area contributed by atoms with Gasteiger partial charge in [-0.3, -0.25) is 9.59 Å². The number of amides is 2. The predicted octanol–water partition coefficient (Wildman–Crippen LogP) is 5.23. The summed E-state index contributed by atoms with van der Waals surface area (Å²) in [7, 11) is 1.61. The predicted molar refractivity (Wildman–Crippen MR) is 152 cm³/mol. The van der Waals surface area contributed by atoms with Crippen LogP contribution in [0.5, 0.6) is 17.2 Å². The number of methoxy groups -OCH3 is 1. The Bertz CT molecular complexity index is 1440. The molecule has 7 heteroatoms. The summed E-state index contributed by atoms with van der Waals surface area (Å²) in [6.07, 6.45) is -0.902. The first-order valence-corrected chi connectivity index (χ1v) is 13.2. The van der Waals surface area contributed by atoms with Gasteiger partial charge in [0.05, 0.1) is 7.11 Å². The van der Waals surface area contributed by atoms with Crippen molar-refractivity contribution in [3.05, 3.63) is 125 Å². The summed E-state index contributed by atoms with van der Waals surface area (Å²) in [5.74, 6) is 1.21. The fraction of sp³-hybridized carbons (Fsp3) is 0.212. The Labute approximate surface area is 234 Å². The highest BCUT2D eigenvalue weighted by Crippen LogP contribution is 2.33. The highest BCUT2D eigenvalue weighted by molar-refractivity contribution is 5.90. The molecule has 0 fully saturated rings. The van der Waals surface area contributed by atoms with Gasteiger partial charge in [0, 0.05) is 13.1 Å². The third kappa shape index (κ3) is 6.26. The average molecular weight is 537 g/mol. The first-order valence-electron chi connectivity index (χ1n) is 13.2. The lowest BCUT2D eigenvalue weighted by Gasteiger charge is -2.35. The molecule has 0 spiro atoms. The lowest BCUT2D eigenvalue weighted by molar-refractivity contribution is -0.149. The summed E-state index contributed by atoms with van der Waals surface area (Å²) < 4.78 is 17.2. The molecule has 1 aliphatic heterocycles. The van der Waals surface area contributed by atoms with Crippen molar-refractivity contribution in [1.82, 2.24) is 10.2 Å². The minimum atomic E-state index is -0.902. The number of ether oxygens (including phenoxy) is 3. The van der Waals surface area contributed by atoms with E-state index in [1.807, 2.05) is 97.9 Å². The second kappa shape index (κ2) is 12.4. The van der Waals surface area contributed by atoms with Crippen LogP contribution in [0.1, 0.15) is 28.3 Å². The van der Waals surface area contributed by atoms with Gasteiger partial charge in [-0.25, -0.2) is 0 Å². The van der Waals surface area contributed by atoms with Crippen LogP contribution < -0.4 is 19.5 Å². The maximum Gasteiger partial charge on any atom is 0.268 e. The molecule has 2 atom stereocenters. The average Bonchev–Trinajstić information content (AvgIpc) is 3.00. The summed E-state index contributed by atoms with van der Waals surface area (Å²) in [6, 6.07) is 31.2. The van der Waals surface area contributed by atoms with E-state index in [0.717, 1.165) is 22.4 Å². The zero-order chi connectivity index (χ0) is 27.9. The molecular weight excluding hydrogens is 504 g/mol. The molecule has 2 unspecified atom stereocenters. The SMILES string of the molecule is COc1ccc(CNC(=O)C(c2ccc(C)cc2)N(Cc2ccccc2)C(=O)C2COc3ccccc3O2)cc1. The minimum Gasteiger partial charge on any atom is -0.497 e. The number of rotatable bonds is 9. The summed E-state index contributed by atoms with van der Waals surface area (Å²) in [5, 5.41) is 3.04. The number of hydrogen-bond acceptors (Lipinski definition) is 5. The summed E-state index contributed by atoms with van der Waals surface area (Å²) >= 11 is 0. The highest BCUT2D eigenvalue weighted by Gasteiger charge is 2.38. The van der Waals surface area contributed by atoms with Crippen LogP contribution in [0.25, 0.3) is 0 Å². The van der Waals surface area contributed by atoms with Crippen LogP contribution in [0.15, 0.2) is 103 Å². The van der Waals surface area contributed by atoms with Gasteiger partial charge in [0.2, 0.25) is 12.0 Å². The summed E-state index contributed by atoms with van der Waals surface area (Å²) in [6.45, 7) is 2.56.